The van der Waals surface area contributed by atoms with Crippen molar-refractivity contribution in [2.24, 2.45) is 0 Å². The van der Waals surface area contributed by atoms with Crippen LogP contribution in [0.25, 0.3) is 5.69 Å². The van der Waals surface area contributed by atoms with Crippen molar-refractivity contribution < 1.29 is 14.7 Å². The summed E-state index contributed by atoms with van der Waals surface area (Å²) in [6.45, 7) is 3.59. The first-order valence-corrected chi connectivity index (χ1v) is 7.05. The number of carboxylic acid groups (broad SMARTS) is 1. The normalized spacial score (nSPS) is 10.5. The highest BCUT2D eigenvalue weighted by atomic mass is 16.4. The van der Waals surface area contributed by atoms with Gasteiger partial charge in [-0.1, -0.05) is 25.1 Å². The quantitative estimate of drug-likeness (QED) is 0.915. The van der Waals surface area contributed by atoms with Crippen molar-refractivity contribution in [2.45, 2.75) is 20.3 Å². The van der Waals surface area contributed by atoms with E-state index in [0.29, 0.717) is 12.0 Å². The van der Waals surface area contributed by atoms with Crippen molar-refractivity contribution >= 4 is 11.9 Å². The van der Waals surface area contributed by atoms with Crippen LogP contribution in [0.5, 0.6) is 0 Å². The molecule has 6 nitrogen and oxygen atoms in total. The predicted molar refractivity (Wildman–Crippen MR) is 82.3 cm³/mol. The first kappa shape index (κ1) is 15.8. The lowest BCUT2D eigenvalue weighted by Gasteiger charge is -2.15. The molecule has 116 valence electrons. The lowest BCUT2D eigenvalue weighted by Crippen LogP contribution is -2.32. The lowest BCUT2D eigenvalue weighted by atomic mass is 10.1. The van der Waals surface area contributed by atoms with Gasteiger partial charge in [0.25, 0.3) is 5.91 Å². The number of nitrogens with zero attached hydrogens (tertiary/aromatic N) is 3. The Bertz CT molecular complexity index is 706. The Morgan fingerprint density at radius 2 is 2.00 bits per heavy atom. The predicted octanol–water partition coefficient (Wildman–Crippen LogP) is 1.90. The van der Waals surface area contributed by atoms with E-state index in [1.807, 2.05) is 38.1 Å². The first-order valence-electron chi connectivity index (χ1n) is 7.05. The van der Waals surface area contributed by atoms with Crippen molar-refractivity contribution in [2.75, 3.05) is 13.6 Å². The molecule has 1 heterocycles. The van der Waals surface area contributed by atoms with E-state index in [1.165, 1.54) is 18.1 Å². The molecule has 0 aliphatic carbocycles. The van der Waals surface area contributed by atoms with Crippen LogP contribution < -0.4 is 0 Å². The molecule has 1 amide bonds. The number of aromatic nitrogens is 2. The summed E-state index contributed by atoms with van der Waals surface area (Å²) in [6, 6.07) is 7.79. The molecular formula is C16H19N3O3. The molecule has 0 unspecified atom stereocenters. The second-order valence-electron chi connectivity index (χ2n) is 5.11. The lowest BCUT2D eigenvalue weighted by molar-refractivity contribution is -0.137. The number of carbonyl (C=O) groups is 2. The minimum atomic E-state index is -1.04. The molecule has 1 aromatic carbocycles. The molecule has 2 aromatic rings. The maximum absolute atomic E-state index is 12.4. The molecule has 22 heavy (non-hydrogen) atoms. The fourth-order valence-electron chi connectivity index (χ4n) is 2.38. The van der Waals surface area contributed by atoms with Crippen LogP contribution in [0, 0.1) is 6.92 Å². The summed E-state index contributed by atoms with van der Waals surface area (Å²) in [5.41, 5.74) is 3.18. The Kier molecular flexibility index (Phi) is 4.60. The second-order valence-corrected chi connectivity index (χ2v) is 5.11. The Hall–Kier alpha value is -2.63. The molecule has 0 bridgehead atoms. The highest BCUT2D eigenvalue weighted by Gasteiger charge is 2.21. The molecule has 2 rings (SSSR count). The van der Waals surface area contributed by atoms with Gasteiger partial charge in [0.05, 0.1) is 23.1 Å². The molecule has 0 atom stereocenters. The topological polar surface area (TPSA) is 75.4 Å². The molecule has 0 radical (unpaired) electrons. The molecule has 1 aromatic heterocycles. The number of aliphatic carboxylic acids is 1. The number of benzene rings is 1. The van der Waals surface area contributed by atoms with Gasteiger partial charge in [-0.15, -0.1) is 0 Å². The maximum Gasteiger partial charge on any atom is 0.323 e. The van der Waals surface area contributed by atoms with Gasteiger partial charge in [-0.2, -0.15) is 5.10 Å². The Balaban J connectivity index is 2.42. The summed E-state index contributed by atoms with van der Waals surface area (Å²) in [4.78, 5) is 24.3. The Labute approximate surface area is 129 Å². The van der Waals surface area contributed by atoms with Crippen LogP contribution >= 0.6 is 0 Å². The summed E-state index contributed by atoms with van der Waals surface area (Å²) < 4.78 is 1.75. The van der Waals surface area contributed by atoms with E-state index in [9.17, 15) is 9.59 Å². The van der Waals surface area contributed by atoms with Gasteiger partial charge in [0.2, 0.25) is 0 Å². The van der Waals surface area contributed by atoms with E-state index >= 15 is 0 Å². The zero-order chi connectivity index (χ0) is 16.3. The van der Waals surface area contributed by atoms with Crippen molar-refractivity contribution in [3.8, 4) is 5.69 Å². The second kappa shape index (κ2) is 6.43. The average molecular weight is 301 g/mol. The van der Waals surface area contributed by atoms with Gasteiger partial charge in [-0.3, -0.25) is 9.59 Å². The Morgan fingerprint density at radius 1 is 1.32 bits per heavy atom. The van der Waals surface area contributed by atoms with Crippen molar-refractivity contribution in [3.63, 3.8) is 0 Å². The van der Waals surface area contributed by atoms with Crippen LogP contribution in [0.3, 0.4) is 0 Å². The molecule has 0 aliphatic rings. The van der Waals surface area contributed by atoms with Gasteiger partial charge in [-0.05, 0) is 25.0 Å². The number of aryl methyl sites for hydroxylation is 1. The maximum atomic E-state index is 12.4. The number of likely N-dealkylation sites (N-methyl/N-ethyl adjacent to an activating group) is 1. The van der Waals surface area contributed by atoms with E-state index < -0.39 is 5.97 Å². The first-order chi connectivity index (χ1) is 10.5. The van der Waals surface area contributed by atoms with E-state index in [2.05, 4.69) is 5.10 Å². The standard InChI is InChI=1S/C16H19N3O3/c1-4-13-12(16(22)18(3)10-15(20)21)9-17-19(13)14-8-6-5-7-11(14)2/h5-9H,4,10H2,1-3H3,(H,20,21). The number of hydrogen-bond acceptors (Lipinski definition) is 3. The summed E-state index contributed by atoms with van der Waals surface area (Å²) in [6.07, 6.45) is 2.13. The molecule has 0 saturated heterocycles. The fraction of sp³-hybridized carbons (Fsp3) is 0.312. The molecule has 0 spiro atoms. The van der Waals surface area contributed by atoms with Crippen LogP contribution in [0.4, 0.5) is 0 Å². The summed E-state index contributed by atoms with van der Waals surface area (Å²) in [7, 11) is 1.47. The third kappa shape index (κ3) is 3.00. The number of hydrogen-bond donors (Lipinski definition) is 1. The highest BCUT2D eigenvalue weighted by molar-refractivity contribution is 5.96. The largest absolute Gasteiger partial charge is 0.480 e. The third-order valence-corrected chi connectivity index (χ3v) is 3.50. The number of rotatable bonds is 5. The SMILES string of the molecule is CCc1c(C(=O)N(C)CC(=O)O)cnn1-c1ccccc1C. The molecular weight excluding hydrogens is 282 g/mol. The van der Waals surface area contributed by atoms with Crippen LogP contribution in [0.1, 0.15) is 28.5 Å². The monoisotopic (exact) mass is 301 g/mol. The smallest absolute Gasteiger partial charge is 0.323 e. The molecule has 0 saturated carbocycles. The summed E-state index contributed by atoms with van der Waals surface area (Å²) >= 11 is 0. The van der Waals surface area contributed by atoms with Crippen LogP contribution in [0.15, 0.2) is 30.5 Å². The minimum Gasteiger partial charge on any atom is -0.480 e. The summed E-state index contributed by atoms with van der Waals surface area (Å²) in [5.74, 6) is -1.38. The Morgan fingerprint density at radius 3 is 2.59 bits per heavy atom. The van der Waals surface area contributed by atoms with E-state index in [1.54, 1.807) is 4.68 Å². The van der Waals surface area contributed by atoms with Gasteiger partial charge >= 0.3 is 5.97 Å². The third-order valence-electron chi connectivity index (χ3n) is 3.50. The number of carboxylic acids is 1. The molecule has 0 aliphatic heterocycles. The van der Waals surface area contributed by atoms with Crippen LogP contribution in [0.2, 0.25) is 0 Å². The highest BCUT2D eigenvalue weighted by Crippen LogP contribution is 2.19. The van der Waals surface area contributed by atoms with Crippen LogP contribution in [-0.2, 0) is 11.2 Å². The van der Waals surface area contributed by atoms with E-state index in [4.69, 9.17) is 5.11 Å². The zero-order valence-electron chi connectivity index (χ0n) is 12.9. The zero-order valence-corrected chi connectivity index (χ0v) is 12.9. The van der Waals surface area contributed by atoms with Crippen LogP contribution in [-0.4, -0.2) is 45.3 Å². The fourth-order valence-corrected chi connectivity index (χ4v) is 2.38. The van der Waals surface area contributed by atoms with Gasteiger partial charge < -0.3 is 10.0 Å². The van der Waals surface area contributed by atoms with Gasteiger partial charge in [-0.25, -0.2) is 4.68 Å². The van der Waals surface area contributed by atoms with Crippen molar-refractivity contribution in [1.29, 1.82) is 0 Å². The minimum absolute atomic E-state index is 0.334. The van der Waals surface area contributed by atoms with Crippen molar-refractivity contribution in [3.05, 3.63) is 47.3 Å². The van der Waals surface area contributed by atoms with Gasteiger partial charge in [0.1, 0.15) is 6.54 Å². The van der Waals surface area contributed by atoms with Gasteiger partial charge in [0, 0.05) is 7.05 Å². The average Bonchev–Trinajstić information content (AvgIpc) is 2.89. The molecule has 1 N–H and O–H groups in total. The molecule has 6 heteroatoms. The van der Waals surface area contributed by atoms with E-state index in [-0.39, 0.29) is 12.5 Å². The molecule has 0 fully saturated rings. The number of amides is 1. The summed E-state index contributed by atoms with van der Waals surface area (Å²) in [5, 5.41) is 13.1. The van der Waals surface area contributed by atoms with Crippen molar-refractivity contribution in [1.82, 2.24) is 14.7 Å². The number of para-hydroxylation sites is 1. The van der Waals surface area contributed by atoms with E-state index in [0.717, 1.165) is 16.9 Å². The van der Waals surface area contributed by atoms with Gasteiger partial charge in [0.15, 0.2) is 0 Å². The number of carbonyl (C=O) groups excluding carboxylic acids is 1.